The number of aromatic nitrogens is 3. The Morgan fingerprint density at radius 1 is 1.04 bits per heavy atom. The summed E-state index contributed by atoms with van der Waals surface area (Å²) < 4.78 is 13.1. The largest absolute Gasteiger partial charge is 0.490 e. The normalized spacial score (nSPS) is 19.6. The molecule has 0 N–H and O–H groups in total. The van der Waals surface area contributed by atoms with E-state index in [9.17, 15) is 4.79 Å². The van der Waals surface area contributed by atoms with Gasteiger partial charge < -0.3 is 9.47 Å². The summed E-state index contributed by atoms with van der Waals surface area (Å²) in [5.41, 5.74) is 1.71. The van der Waals surface area contributed by atoms with Crippen molar-refractivity contribution in [1.29, 1.82) is 0 Å². The van der Waals surface area contributed by atoms with Gasteiger partial charge in [-0.1, -0.05) is 23.4 Å². The molecule has 2 aliphatic rings. The van der Waals surface area contributed by atoms with Gasteiger partial charge in [0, 0.05) is 19.0 Å². The second-order valence-electron chi connectivity index (χ2n) is 7.28. The molecule has 28 heavy (non-hydrogen) atoms. The predicted molar refractivity (Wildman–Crippen MR) is 105 cm³/mol. The molecule has 0 spiro atoms. The predicted octanol–water partition coefficient (Wildman–Crippen LogP) is 2.75. The molecule has 3 aromatic rings. The van der Waals surface area contributed by atoms with E-state index in [0.717, 1.165) is 37.3 Å². The second-order valence-corrected chi connectivity index (χ2v) is 7.28. The smallest absolute Gasteiger partial charge is 0.278 e. The Hall–Kier alpha value is -2.93. The van der Waals surface area contributed by atoms with Crippen molar-refractivity contribution < 1.29 is 9.47 Å². The third-order valence-corrected chi connectivity index (χ3v) is 5.46. The van der Waals surface area contributed by atoms with Gasteiger partial charge in [-0.05, 0) is 42.7 Å². The number of rotatable bonds is 3. The summed E-state index contributed by atoms with van der Waals surface area (Å²) >= 11 is 0. The summed E-state index contributed by atoms with van der Waals surface area (Å²) in [6, 6.07) is 13.7. The number of nitrogens with zero attached hydrogens (tertiary/aromatic N) is 4. The maximum absolute atomic E-state index is 12.8. The van der Waals surface area contributed by atoms with Crippen LogP contribution in [0.1, 0.15) is 30.9 Å². The molecule has 1 fully saturated rings. The first-order chi connectivity index (χ1) is 13.8. The molecule has 7 heteroatoms. The van der Waals surface area contributed by atoms with Crippen LogP contribution in [0.4, 0.5) is 0 Å². The molecule has 0 saturated carbocycles. The maximum Gasteiger partial charge on any atom is 0.278 e. The van der Waals surface area contributed by atoms with Crippen LogP contribution in [0.3, 0.4) is 0 Å². The molecule has 5 rings (SSSR count). The summed E-state index contributed by atoms with van der Waals surface area (Å²) in [4.78, 5) is 15.1. The standard InChI is InChI=1S/C21H22N4O3/c26-21-16-5-1-2-6-17(16)22-23-25(21)14-24-10-3-7-18(24)15-8-9-19-20(13-15)28-12-4-11-27-19/h1-2,5-6,8-9,13,18H,3-4,7,10-12,14H2/t18-/m0/s1. The first kappa shape index (κ1) is 17.2. The molecule has 0 unspecified atom stereocenters. The maximum atomic E-state index is 12.8. The molecule has 1 saturated heterocycles. The van der Waals surface area contributed by atoms with E-state index in [1.165, 1.54) is 10.2 Å². The van der Waals surface area contributed by atoms with E-state index in [-0.39, 0.29) is 11.6 Å². The zero-order chi connectivity index (χ0) is 18.9. The highest BCUT2D eigenvalue weighted by Gasteiger charge is 2.28. The van der Waals surface area contributed by atoms with Gasteiger partial charge in [0.2, 0.25) is 0 Å². The van der Waals surface area contributed by atoms with Crippen LogP contribution >= 0.6 is 0 Å². The molecule has 0 bridgehead atoms. The van der Waals surface area contributed by atoms with E-state index < -0.39 is 0 Å². The first-order valence-corrected chi connectivity index (χ1v) is 9.76. The highest BCUT2D eigenvalue weighted by atomic mass is 16.5. The fraction of sp³-hybridized carbons (Fsp3) is 0.381. The van der Waals surface area contributed by atoms with Crippen LogP contribution < -0.4 is 15.0 Å². The lowest BCUT2D eigenvalue weighted by molar-refractivity contribution is 0.184. The highest BCUT2D eigenvalue weighted by Crippen LogP contribution is 2.37. The van der Waals surface area contributed by atoms with Crippen molar-refractivity contribution in [2.75, 3.05) is 19.8 Å². The van der Waals surface area contributed by atoms with Crippen molar-refractivity contribution in [1.82, 2.24) is 19.9 Å². The summed E-state index contributed by atoms with van der Waals surface area (Å²) in [6.45, 7) is 2.70. The molecule has 144 valence electrons. The Kier molecular flexibility index (Phi) is 4.44. The minimum Gasteiger partial charge on any atom is -0.490 e. The Morgan fingerprint density at radius 3 is 2.82 bits per heavy atom. The van der Waals surface area contributed by atoms with Gasteiger partial charge in [-0.15, -0.1) is 5.10 Å². The van der Waals surface area contributed by atoms with E-state index in [0.29, 0.717) is 30.8 Å². The molecule has 0 radical (unpaired) electrons. The van der Waals surface area contributed by atoms with Crippen molar-refractivity contribution in [3.05, 3.63) is 58.4 Å². The number of benzene rings is 2. The van der Waals surface area contributed by atoms with Crippen molar-refractivity contribution in [3.63, 3.8) is 0 Å². The molecule has 7 nitrogen and oxygen atoms in total. The second kappa shape index (κ2) is 7.24. The number of hydrogen-bond acceptors (Lipinski definition) is 6. The first-order valence-electron chi connectivity index (χ1n) is 9.76. The van der Waals surface area contributed by atoms with Crippen molar-refractivity contribution in [3.8, 4) is 11.5 Å². The third kappa shape index (κ3) is 3.11. The van der Waals surface area contributed by atoms with Crippen LogP contribution in [0.25, 0.3) is 10.9 Å². The Morgan fingerprint density at radius 2 is 1.89 bits per heavy atom. The lowest BCUT2D eigenvalue weighted by Crippen LogP contribution is -2.34. The van der Waals surface area contributed by atoms with Crippen molar-refractivity contribution in [2.24, 2.45) is 0 Å². The molecule has 1 aromatic heterocycles. The zero-order valence-corrected chi connectivity index (χ0v) is 15.6. The third-order valence-electron chi connectivity index (χ3n) is 5.46. The Labute approximate surface area is 162 Å². The van der Waals surface area contributed by atoms with Crippen LogP contribution in [0.15, 0.2) is 47.3 Å². The van der Waals surface area contributed by atoms with Crippen LogP contribution in [0.2, 0.25) is 0 Å². The van der Waals surface area contributed by atoms with Crippen LogP contribution in [-0.2, 0) is 6.67 Å². The average molecular weight is 378 g/mol. The average Bonchev–Trinajstić information content (AvgIpc) is 3.06. The van der Waals surface area contributed by atoms with Crippen LogP contribution in [-0.4, -0.2) is 39.7 Å². The van der Waals surface area contributed by atoms with Crippen molar-refractivity contribution >= 4 is 10.9 Å². The van der Waals surface area contributed by atoms with Gasteiger partial charge in [-0.25, -0.2) is 0 Å². The zero-order valence-electron chi connectivity index (χ0n) is 15.6. The fourth-order valence-electron chi connectivity index (χ4n) is 4.05. The molecular formula is C21H22N4O3. The van der Waals surface area contributed by atoms with Gasteiger partial charge in [0.05, 0.1) is 25.3 Å². The molecule has 2 aliphatic heterocycles. The SMILES string of the molecule is O=c1c2ccccc2nnn1CN1CCC[C@H]1c1ccc2c(c1)OCCCO2. The Balaban J connectivity index is 1.43. The number of fused-ring (bicyclic) bond motifs is 2. The quantitative estimate of drug-likeness (QED) is 0.698. The molecule has 2 aromatic carbocycles. The van der Waals surface area contributed by atoms with Crippen LogP contribution in [0.5, 0.6) is 11.5 Å². The summed E-state index contributed by atoms with van der Waals surface area (Å²) in [5, 5.41) is 8.95. The minimum atomic E-state index is -0.102. The fourth-order valence-corrected chi connectivity index (χ4v) is 4.05. The van der Waals surface area contributed by atoms with Crippen LogP contribution in [0, 0.1) is 0 Å². The molecule has 1 atom stereocenters. The minimum absolute atomic E-state index is 0.102. The topological polar surface area (TPSA) is 69.5 Å². The van der Waals surface area contributed by atoms with E-state index in [2.05, 4.69) is 27.3 Å². The Bertz CT molecular complexity index is 1060. The molecule has 0 aliphatic carbocycles. The van der Waals surface area contributed by atoms with E-state index >= 15 is 0 Å². The van der Waals surface area contributed by atoms with Gasteiger partial charge >= 0.3 is 0 Å². The lowest BCUT2D eigenvalue weighted by Gasteiger charge is -2.25. The monoisotopic (exact) mass is 378 g/mol. The lowest BCUT2D eigenvalue weighted by atomic mass is 10.0. The summed E-state index contributed by atoms with van der Waals surface area (Å²) in [7, 11) is 0. The number of ether oxygens (including phenoxy) is 2. The van der Waals surface area contributed by atoms with Gasteiger partial charge in [0.15, 0.2) is 11.5 Å². The van der Waals surface area contributed by atoms with Gasteiger partial charge in [-0.3, -0.25) is 9.69 Å². The van der Waals surface area contributed by atoms with Gasteiger partial charge in [0.1, 0.15) is 5.52 Å². The number of hydrogen-bond donors (Lipinski definition) is 0. The van der Waals surface area contributed by atoms with Gasteiger partial charge in [0.25, 0.3) is 5.56 Å². The van der Waals surface area contributed by atoms with E-state index in [1.807, 2.05) is 24.3 Å². The summed E-state index contributed by atoms with van der Waals surface area (Å²) in [5.74, 6) is 1.62. The number of likely N-dealkylation sites (tertiary alicyclic amines) is 1. The molecular weight excluding hydrogens is 356 g/mol. The molecule has 0 amide bonds. The highest BCUT2D eigenvalue weighted by molar-refractivity contribution is 5.76. The summed E-state index contributed by atoms with van der Waals surface area (Å²) in [6.07, 6.45) is 3.01. The van der Waals surface area contributed by atoms with Gasteiger partial charge in [-0.2, -0.15) is 4.68 Å². The molecule has 3 heterocycles. The van der Waals surface area contributed by atoms with Crippen molar-refractivity contribution in [2.45, 2.75) is 32.0 Å². The van der Waals surface area contributed by atoms with E-state index in [1.54, 1.807) is 6.07 Å². The van der Waals surface area contributed by atoms with E-state index in [4.69, 9.17) is 9.47 Å².